The van der Waals surface area contributed by atoms with Crippen molar-refractivity contribution in [2.75, 3.05) is 7.11 Å². The molecule has 2 aromatic carbocycles. The van der Waals surface area contributed by atoms with Gasteiger partial charge in [0.1, 0.15) is 5.75 Å². The van der Waals surface area contributed by atoms with Crippen LogP contribution in [0.4, 0.5) is 0 Å². The molecule has 0 aliphatic rings. The van der Waals surface area contributed by atoms with Crippen LogP contribution >= 0.6 is 27.7 Å². The van der Waals surface area contributed by atoms with Crippen LogP contribution in [0.15, 0.2) is 56.7 Å². The second kappa shape index (κ2) is 6.46. The van der Waals surface area contributed by atoms with Crippen LogP contribution in [0.5, 0.6) is 5.75 Å². The molecule has 0 saturated heterocycles. The third-order valence-electron chi connectivity index (χ3n) is 2.76. The van der Waals surface area contributed by atoms with E-state index in [1.54, 1.807) is 18.9 Å². The van der Waals surface area contributed by atoms with Crippen LogP contribution in [0.25, 0.3) is 0 Å². The van der Waals surface area contributed by atoms with Gasteiger partial charge in [0.25, 0.3) is 0 Å². The smallest absolute Gasteiger partial charge is 0.118 e. The Morgan fingerprint density at radius 1 is 1.11 bits per heavy atom. The van der Waals surface area contributed by atoms with Crippen LogP contribution in [-0.2, 0) is 0 Å². The van der Waals surface area contributed by atoms with Gasteiger partial charge in [-0.15, -0.1) is 0 Å². The normalized spacial score (nSPS) is 12.2. The number of hydrogen-bond acceptors (Lipinski definition) is 3. The summed E-state index contributed by atoms with van der Waals surface area (Å²) >= 11 is 5.29. The summed E-state index contributed by atoms with van der Waals surface area (Å²) in [5.74, 6) is 0.873. The molecule has 2 aromatic rings. The molecule has 100 valence electrons. The highest BCUT2D eigenvalue weighted by Gasteiger charge is 2.06. The predicted molar refractivity (Wildman–Crippen MR) is 83.9 cm³/mol. The molecule has 0 fully saturated rings. The van der Waals surface area contributed by atoms with Crippen molar-refractivity contribution in [2.24, 2.45) is 5.73 Å². The second-order valence-electron chi connectivity index (χ2n) is 4.25. The molecule has 0 radical (unpaired) electrons. The lowest BCUT2D eigenvalue weighted by molar-refractivity contribution is 0.414. The first-order valence-corrected chi connectivity index (χ1v) is 7.58. The molecule has 0 unspecified atom stereocenters. The van der Waals surface area contributed by atoms with Gasteiger partial charge in [0, 0.05) is 20.3 Å². The topological polar surface area (TPSA) is 35.2 Å². The lowest BCUT2D eigenvalue weighted by atomic mass is 10.1. The highest BCUT2D eigenvalue weighted by molar-refractivity contribution is 9.10. The Morgan fingerprint density at radius 2 is 1.74 bits per heavy atom. The Balaban J connectivity index is 2.16. The summed E-state index contributed by atoms with van der Waals surface area (Å²) in [4.78, 5) is 2.36. The Bertz CT molecular complexity index is 555. The van der Waals surface area contributed by atoms with Gasteiger partial charge in [-0.05, 0) is 48.9 Å². The number of rotatable bonds is 4. The number of methoxy groups -OCH3 is 1. The van der Waals surface area contributed by atoms with E-state index >= 15 is 0 Å². The minimum Gasteiger partial charge on any atom is -0.497 e. The Labute approximate surface area is 126 Å². The highest BCUT2D eigenvalue weighted by Crippen LogP contribution is 2.33. The van der Waals surface area contributed by atoms with Crippen LogP contribution in [-0.4, -0.2) is 7.11 Å². The summed E-state index contributed by atoms with van der Waals surface area (Å²) in [5, 5.41) is 0. The molecule has 0 amide bonds. The van der Waals surface area contributed by atoms with E-state index in [2.05, 4.69) is 46.3 Å². The van der Waals surface area contributed by atoms with Gasteiger partial charge in [0.2, 0.25) is 0 Å². The molecule has 4 heteroatoms. The zero-order valence-electron chi connectivity index (χ0n) is 10.9. The van der Waals surface area contributed by atoms with Gasteiger partial charge in [-0.25, -0.2) is 0 Å². The van der Waals surface area contributed by atoms with Crippen LogP contribution in [0, 0.1) is 0 Å². The summed E-state index contributed by atoms with van der Waals surface area (Å²) < 4.78 is 6.21. The minimum atomic E-state index is 0.0365. The zero-order valence-corrected chi connectivity index (χ0v) is 13.3. The summed E-state index contributed by atoms with van der Waals surface area (Å²) in [6.45, 7) is 1.98. The third-order valence-corrected chi connectivity index (χ3v) is 4.44. The van der Waals surface area contributed by atoms with Crippen LogP contribution in [0.1, 0.15) is 18.5 Å². The first kappa shape index (κ1) is 14.4. The van der Waals surface area contributed by atoms with Crippen LogP contribution in [0.3, 0.4) is 0 Å². The Morgan fingerprint density at radius 3 is 2.26 bits per heavy atom. The van der Waals surface area contributed by atoms with Gasteiger partial charge >= 0.3 is 0 Å². The summed E-state index contributed by atoms with van der Waals surface area (Å²) in [6, 6.07) is 14.3. The van der Waals surface area contributed by atoms with Crippen molar-refractivity contribution in [1.29, 1.82) is 0 Å². The molecule has 19 heavy (non-hydrogen) atoms. The van der Waals surface area contributed by atoms with Crippen molar-refractivity contribution in [2.45, 2.75) is 22.8 Å². The molecule has 0 spiro atoms. The number of ether oxygens (including phenoxy) is 1. The van der Waals surface area contributed by atoms with E-state index in [0.29, 0.717) is 0 Å². The number of halogens is 1. The number of nitrogens with two attached hydrogens (primary N) is 1. The first-order chi connectivity index (χ1) is 9.10. The first-order valence-electron chi connectivity index (χ1n) is 5.97. The molecule has 0 saturated carbocycles. The van der Waals surface area contributed by atoms with Gasteiger partial charge in [-0.3, -0.25) is 0 Å². The fraction of sp³-hybridized carbons (Fsp3) is 0.200. The van der Waals surface area contributed by atoms with Crippen molar-refractivity contribution in [3.05, 3.63) is 52.5 Å². The van der Waals surface area contributed by atoms with Gasteiger partial charge in [-0.1, -0.05) is 33.8 Å². The monoisotopic (exact) mass is 337 g/mol. The molecule has 1 atom stereocenters. The van der Waals surface area contributed by atoms with Crippen LogP contribution in [0.2, 0.25) is 0 Å². The van der Waals surface area contributed by atoms with E-state index in [-0.39, 0.29) is 6.04 Å². The maximum atomic E-state index is 5.90. The molecule has 0 heterocycles. The quantitative estimate of drug-likeness (QED) is 0.883. The van der Waals surface area contributed by atoms with Crippen molar-refractivity contribution in [1.82, 2.24) is 0 Å². The molecular formula is C15H16BrNOS. The zero-order chi connectivity index (χ0) is 13.8. The van der Waals surface area contributed by atoms with Gasteiger partial charge in [0.15, 0.2) is 0 Å². The molecule has 0 aromatic heterocycles. The number of benzene rings is 2. The Kier molecular flexibility index (Phi) is 4.91. The molecule has 2 N–H and O–H groups in total. The summed E-state index contributed by atoms with van der Waals surface area (Å²) in [7, 11) is 1.67. The van der Waals surface area contributed by atoms with E-state index in [1.165, 1.54) is 9.79 Å². The highest BCUT2D eigenvalue weighted by atomic mass is 79.9. The van der Waals surface area contributed by atoms with Crippen molar-refractivity contribution in [3.8, 4) is 5.75 Å². The van der Waals surface area contributed by atoms with E-state index in [1.807, 2.05) is 19.1 Å². The number of hydrogen-bond donors (Lipinski definition) is 1. The van der Waals surface area contributed by atoms with Crippen LogP contribution < -0.4 is 10.5 Å². The molecule has 0 aliphatic carbocycles. The second-order valence-corrected chi connectivity index (χ2v) is 6.25. The average Bonchev–Trinajstić information content (AvgIpc) is 2.39. The third kappa shape index (κ3) is 3.75. The largest absolute Gasteiger partial charge is 0.497 e. The average molecular weight is 338 g/mol. The molecule has 2 rings (SSSR count). The Hall–Kier alpha value is -0.970. The maximum absolute atomic E-state index is 5.90. The summed E-state index contributed by atoms with van der Waals surface area (Å²) in [6.07, 6.45) is 0. The summed E-state index contributed by atoms with van der Waals surface area (Å²) in [5.41, 5.74) is 7.02. The predicted octanol–water partition coefficient (Wildman–Crippen LogP) is 4.63. The van der Waals surface area contributed by atoms with E-state index in [0.717, 1.165) is 15.8 Å². The van der Waals surface area contributed by atoms with Crippen molar-refractivity contribution in [3.63, 3.8) is 0 Å². The van der Waals surface area contributed by atoms with E-state index in [9.17, 15) is 0 Å². The van der Waals surface area contributed by atoms with Gasteiger partial charge in [-0.2, -0.15) is 0 Å². The maximum Gasteiger partial charge on any atom is 0.118 e. The van der Waals surface area contributed by atoms with E-state index in [4.69, 9.17) is 10.5 Å². The van der Waals surface area contributed by atoms with Crippen molar-refractivity contribution < 1.29 is 4.74 Å². The lowest BCUT2D eigenvalue weighted by Gasteiger charge is -2.10. The fourth-order valence-corrected chi connectivity index (χ4v) is 3.47. The fourth-order valence-electron chi connectivity index (χ4n) is 1.72. The molecular weight excluding hydrogens is 322 g/mol. The molecule has 0 aliphatic heterocycles. The van der Waals surface area contributed by atoms with Crippen molar-refractivity contribution >= 4 is 27.7 Å². The SMILES string of the molecule is COc1ccc(Sc2ccc([C@@H](C)N)c(Br)c2)cc1. The van der Waals surface area contributed by atoms with E-state index < -0.39 is 0 Å². The molecule has 0 bridgehead atoms. The van der Waals surface area contributed by atoms with Gasteiger partial charge < -0.3 is 10.5 Å². The standard InChI is InChI=1S/C15H16BrNOS/c1-10(17)14-8-7-13(9-15(14)16)19-12-5-3-11(18-2)4-6-12/h3-10H,17H2,1-2H3/t10-/m1/s1. The minimum absolute atomic E-state index is 0.0365. The van der Waals surface area contributed by atoms with Gasteiger partial charge in [0.05, 0.1) is 7.11 Å². The lowest BCUT2D eigenvalue weighted by Crippen LogP contribution is -2.05. The molecule has 2 nitrogen and oxygen atoms in total.